The first-order chi connectivity index (χ1) is 15.1. The number of para-hydroxylation sites is 2. The average molecular weight is 415 g/mol. The normalized spacial score (nSPS) is 17.0. The van der Waals surface area contributed by atoms with Crippen LogP contribution < -0.4 is 9.64 Å². The molecule has 158 valence electrons. The van der Waals surface area contributed by atoms with E-state index in [-0.39, 0.29) is 30.4 Å². The Balaban J connectivity index is 1.61. The van der Waals surface area contributed by atoms with Crippen LogP contribution in [0, 0.1) is 0 Å². The van der Waals surface area contributed by atoms with Crippen molar-refractivity contribution in [3.05, 3.63) is 78.1 Å². The highest BCUT2D eigenvalue weighted by molar-refractivity contribution is 6.00. The van der Waals surface area contributed by atoms with Crippen LogP contribution in [0.1, 0.15) is 37.1 Å². The van der Waals surface area contributed by atoms with Crippen LogP contribution in [-0.2, 0) is 9.59 Å². The molecule has 2 aliphatic rings. The Kier molecular flexibility index (Phi) is 4.77. The van der Waals surface area contributed by atoms with Gasteiger partial charge in [0.1, 0.15) is 18.3 Å². The number of hydrogen-bond donors (Lipinski definition) is 0. The Morgan fingerprint density at radius 1 is 1.00 bits per heavy atom. The van der Waals surface area contributed by atoms with Crippen molar-refractivity contribution in [2.45, 2.75) is 31.8 Å². The van der Waals surface area contributed by atoms with Crippen molar-refractivity contribution in [1.29, 1.82) is 0 Å². The summed E-state index contributed by atoms with van der Waals surface area (Å²) in [5.41, 5.74) is 3.81. The van der Waals surface area contributed by atoms with E-state index in [9.17, 15) is 9.59 Å². The van der Waals surface area contributed by atoms with Crippen molar-refractivity contribution < 1.29 is 14.3 Å². The number of rotatable bonds is 5. The van der Waals surface area contributed by atoms with Gasteiger partial charge in [0.2, 0.25) is 11.8 Å². The standard InChI is InChI=1S/C25H25N3O3/c1-17(29)27(19-11-12-19)16-24(30)28-22-7-4-3-6-21(22)26-15-5-8-23(26)25(28)18-9-13-20(31-2)14-10-18/h3-10,13-15,19,25H,11-12,16H2,1-2H3/t25-/m0/s1. The van der Waals surface area contributed by atoms with Gasteiger partial charge in [0, 0.05) is 19.2 Å². The van der Waals surface area contributed by atoms with Gasteiger partial charge in [-0.3, -0.25) is 14.5 Å². The van der Waals surface area contributed by atoms with Crippen LogP contribution in [-0.4, -0.2) is 41.0 Å². The lowest BCUT2D eigenvalue weighted by atomic mass is 9.97. The Hall–Kier alpha value is -3.54. The highest BCUT2D eigenvalue weighted by atomic mass is 16.5. The summed E-state index contributed by atoms with van der Waals surface area (Å²) in [4.78, 5) is 29.5. The molecule has 6 nitrogen and oxygen atoms in total. The molecule has 5 rings (SSSR count). The van der Waals surface area contributed by atoms with Gasteiger partial charge in [-0.25, -0.2) is 0 Å². The number of carbonyl (C=O) groups excluding carboxylic acids is 2. The molecule has 1 atom stereocenters. The zero-order chi connectivity index (χ0) is 21.5. The third-order valence-electron chi connectivity index (χ3n) is 6.12. The van der Waals surface area contributed by atoms with E-state index >= 15 is 0 Å². The number of amides is 2. The molecular formula is C25H25N3O3. The van der Waals surface area contributed by atoms with Crippen LogP contribution in [0.2, 0.25) is 0 Å². The lowest BCUT2D eigenvalue weighted by Gasteiger charge is -2.39. The van der Waals surface area contributed by atoms with E-state index in [0.29, 0.717) is 0 Å². The summed E-state index contributed by atoms with van der Waals surface area (Å²) in [6, 6.07) is 19.7. The third-order valence-corrected chi connectivity index (χ3v) is 6.12. The van der Waals surface area contributed by atoms with Crippen molar-refractivity contribution in [2.24, 2.45) is 0 Å². The molecule has 31 heavy (non-hydrogen) atoms. The summed E-state index contributed by atoms with van der Waals surface area (Å²) in [5, 5.41) is 0. The van der Waals surface area contributed by atoms with Gasteiger partial charge in [-0.05, 0) is 54.8 Å². The van der Waals surface area contributed by atoms with Crippen LogP contribution in [0.4, 0.5) is 5.69 Å². The largest absolute Gasteiger partial charge is 0.497 e. The molecule has 2 heterocycles. The predicted molar refractivity (Wildman–Crippen MR) is 119 cm³/mol. The smallest absolute Gasteiger partial charge is 0.247 e. The predicted octanol–water partition coefficient (Wildman–Crippen LogP) is 3.93. The van der Waals surface area contributed by atoms with Crippen molar-refractivity contribution in [3.63, 3.8) is 0 Å². The Labute approximate surface area is 181 Å². The van der Waals surface area contributed by atoms with Crippen molar-refractivity contribution in [2.75, 3.05) is 18.6 Å². The molecule has 3 aromatic rings. The van der Waals surface area contributed by atoms with Gasteiger partial charge in [0.25, 0.3) is 0 Å². The van der Waals surface area contributed by atoms with Crippen LogP contribution in [0.5, 0.6) is 5.75 Å². The molecule has 0 spiro atoms. The Bertz CT molecular complexity index is 1130. The maximum Gasteiger partial charge on any atom is 0.247 e. The number of benzene rings is 2. The van der Waals surface area contributed by atoms with Crippen molar-refractivity contribution >= 4 is 17.5 Å². The molecule has 2 amide bonds. The van der Waals surface area contributed by atoms with E-state index in [2.05, 4.69) is 10.6 Å². The van der Waals surface area contributed by atoms with Gasteiger partial charge in [0.15, 0.2) is 0 Å². The van der Waals surface area contributed by atoms with Crippen LogP contribution >= 0.6 is 0 Å². The molecule has 0 unspecified atom stereocenters. The highest BCUT2D eigenvalue weighted by Crippen LogP contribution is 2.42. The molecule has 0 radical (unpaired) electrons. The van der Waals surface area contributed by atoms with E-state index in [4.69, 9.17) is 4.74 Å². The molecule has 1 aliphatic carbocycles. The first-order valence-electron chi connectivity index (χ1n) is 10.6. The van der Waals surface area contributed by atoms with Crippen LogP contribution in [0.25, 0.3) is 5.69 Å². The summed E-state index contributed by atoms with van der Waals surface area (Å²) in [5.74, 6) is 0.637. The number of anilines is 1. The first kappa shape index (κ1) is 19.4. The van der Waals surface area contributed by atoms with Gasteiger partial charge in [0.05, 0.1) is 24.2 Å². The molecule has 1 saturated carbocycles. The van der Waals surface area contributed by atoms with E-state index in [0.717, 1.165) is 41.2 Å². The zero-order valence-corrected chi connectivity index (χ0v) is 17.7. The van der Waals surface area contributed by atoms with Crippen molar-refractivity contribution in [3.8, 4) is 11.4 Å². The van der Waals surface area contributed by atoms with Gasteiger partial charge >= 0.3 is 0 Å². The second-order valence-electron chi connectivity index (χ2n) is 8.11. The summed E-state index contributed by atoms with van der Waals surface area (Å²) in [6.45, 7) is 1.63. The number of ether oxygens (including phenoxy) is 1. The second-order valence-corrected chi connectivity index (χ2v) is 8.11. The fraction of sp³-hybridized carbons (Fsp3) is 0.280. The maximum atomic E-state index is 13.7. The fourth-order valence-corrected chi connectivity index (χ4v) is 4.47. The molecule has 6 heteroatoms. The van der Waals surface area contributed by atoms with Crippen LogP contribution in [0.3, 0.4) is 0 Å². The van der Waals surface area contributed by atoms with Gasteiger partial charge in [-0.1, -0.05) is 24.3 Å². The fourth-order valence-electron chi connectivity index (χ4n) is 4.47. The minimum atomic E-state index is -0.295. The molecule has 1 aliphatic heterocycles. The molecule has 0 saturated heterocycles. The number of nitrogens with zero attached hydrogens (tertiary/aromatic N) is 3. The monoisotopic (exact) mass is 415 g/mol. The molecule has 0 bridgehead atoms. The Morgan fingerprint density at radius 3 is 2.35 bits per heavy atom. The summed E-state index contributed by atoms with van der Waals surface area (Å²) in [6.07, 6.45) is 3.96. The quantitative estimate of drug-likeness (QED) is 0.634. The number of fused-ring (bicyclic) bond motifs is 3. The molecule has 0 N–H and O–H groups in total. The molecule has 1 aromatic heterocycles. The van der Waals surface area contributed by atoms with Gasteiger partial charge in [-0.2, -0.15) is 0 Å². The first-order valence-corrected chi connectivity index (χ1v) is 10.6. The SMILES string of the molecule is COc1ccc([C@H]2c3cccn3-c3ccccc3N2C(=O)CN(C(C)=O)C2CC2)cc1. The molecular weight excluding hydrogens is 390 g/mol. The Morgan fingerprint density at radius 2 is 1.71 bits per heavy atom. The summed E-state index contributed by atoms with van der Waals surface area (Å²) < 4.78 is 7.46. The molecule has 1 fully saturated rings. The molecule has 2 aromatic carbocycles. The van der Waals surface area contributed by atoms with Crippen molar-refractivity contribution in [1.82, 2.24) is 9.47 Å². The topological polar surface area (TPSA) is 54.8 Å². The summed E-state index contributed by atoms with van der Waals surface area (Å²) >= 11 is 0. The average Bonchev–Trinajstić information content (AvgIpc) is 3.51. The number of aromatic nitrogens is 1. The lowest BCUT2D eigenvalue weighted by molar-refractivity contribution is -0.134. The number of carbonyl (C=O) groups is 2. The van der Waals surface area contributed by atoms with E-state index in [1.807, 2.05) is 65.7 Å². The minimum Gasteiger partial charge on any atom is -0.497 e. The van der Waals surface area contributed by atoms with Gasteiger partial charge in [-0.15, -0.1) is 0 Å². The number of hydrogen-bond acceptors (Lipinski definition) is 3. The zero-order valence-electron chi connectivity index (χ0n) is 17.7. The highest BCUT2D eigenvalue weighted by Gasteiger charge is 2.39. The number of methoxy groups -OCH3 is 1. The van der Waals surface area contributed by atoms with Gasteiger partial charge < -0.3 is 14.2 Å². The van der Waals surface area contributed by atoms with E-state index in [1.54, 1.807) is 18.9 Å². The van der Waals surface area contributed by atoms with E-state index < -0.39 is 0 Å². The van der Waals surface area contributed by atoms with Crippen LogP contribution in [0.15, 0.2) is 66.9 Å². The second kappa shape index (κ2) is 7.61. The lowest BCUT2D eigenvalue weighted by Crippen LogP contribution is -2.47. The third kappa shape index (κ3) is 3.38. The maximum absolute atomic E-state index is 13.7. The van der Waals surface area contributed by atoms with E-state index in [1.165, 1.54) is 0 Å². The summed E-state index contributed by atoms with van der Waals surface area (Å²) in [7, 11) is 1.64. The minimum absolute atomic E-state index is 0.0504.